The molecule has 0 aromatic heterocycles. The van der Waals surface area contributed by atoms with Crippen molar-refractivity contribution in [1.29, 1.82) is 0 Å². The van der Waals surface area contributed by atoms with Crippen molar-refractivity contribution < 1.29 is 28.6 Å². The van der Waals surface area contributed by atoms with Gasteiger partial charge in [-0.15, -0.1) is 0 Å². The summed E-state index contributed by atoms with van der Waals surface area (Å²) in [5.41, 5.74) is 0. The molecular weight excluding hydrogens is 949 g/mol. The van der Waals surface area contributed by atoms with Gasteiger partial charge in [0.05, 0.1) is 0 Å². The Labute approximate surface area is 477 Å². The second-order valence-corrected chi connectivity index (χ2v) is 22.0. The van der Waals surface area contributed by atoms with Crippen LogP contribution in [0.4, 0.5) is 0 Å². The van der Waals surface area contributed by atoms with Gasteiger partial charge >= 0.3 is 17.9 Å². The monoisotopic (exact) mass is 1070 g/mol. The maximum atomic E-state index is 12.8. The van der Waals surface area contributed by atoms with Gasteiger partial charge in [0, 0.05) is 19.3 Å². The topological polar surface area (TPSA) is 78.9 Å². The first kappa shape index (κ1) is 73.6. The SMILES string of the molecule is CC/C=C\C/C=C\C/C=C\C/C=C\C/C=C\C/C=C\CCCCCCCCCCCCCCCCCCC(=O)OCC(COC(=O)CCCCCCC/C=C\CCC)OC(=O)CCCCCCCCCCCCCCCC. The van der Waals surface area contributed by atoms with Gasteiger partial charge < -0.3 is 14.2 Å². The average Bonchev–Trinajstić information content (AvgIpc) is 3.43. The number of unbranched alkanes of at least 4 members (excludes halogenated alkanes) is 35. The molecule has 0 aliphatic rings. The molecule has 0 aliphatic heterocycles. The summed E-state index contributed by atoms with van der Waals surface area (Å²) in [4.78, 5) is 38.2. The quantitative estimate of drug-likeness (QED) is 0.0261. The van der Waals surface area contributed by atoms with Crippen LogP contribution in [0, 0.1) is 0 Å². The molecule has 0 aliphatic carbocycles. The van der Waals surface area contributed by atoms with Crippen LogP contribution in [-0.4, -0.2) is 37.2 Å². The van der Waals surface area contributed by atoms with E-state index in [1.54, 1.807) is 0 Å². The molecule has 0 saturated carbocycles. The molecule has 1 unspecified atom stereocenters. The van der Waals surface area contributed by atoms with Crippen molar-refractivity contribution in [3.8, 4) is 0 Å². The van der Waals surface area contributed by atoms with E-state index in [4.69, 9.17) is 14.2 Å². The Morgan fingerprint density at radius 2 is 0.532 bits per heavy atom. The van der Waals surface area contributed by atoms with Crippen LogP contribution in [0.5, 0.6) is 0 Å². The molecule has 6 heteroatoms. The van der Waals surface area contributed by atoms with E-state index in [9.17, 15) is 14.4 Å². The third kappa shape index (κ3) is 63.3. The number of rotatable bonds is 60. The normalized spacial score (nSPS) is 12.6. The molecule has 0 spiro atoms. The fraction of sp³-hybridized carbons (Fsp3) is 0.761. The first-order valence-electron chi connectivity index (χ1n) is 33.1. The molecule has 6 nitrogen and oxygen atoms in total. The zero-order chi connectivity index (χ0) is 55.7. The van der Waals surface area contributed by atoms with Crippen LogP contribution in [0.1, 0.15) is 329 Å². The van der Waals surface area contributed by atoms with E-state index in [0.717, 1.165) is 109 Å². The summed E-state index contributed by atoms with van der Waals surface area (Å²) >= 11 is 0. The predicted molar refractivity (Wildman–Crippen MR) is 334 cm³/mol. The number of carbonyl (C=O) groups is 3. The summed E-state index contributed by atoms with van der Waals surface area (Å²) in [6.07, 6.45) is 86.2. The fourth-order valence-electron chi connectivity index (χ4n) is 9.45. The molecule has 0 amide bonds. The van der Waals surface area contributed by atoms with Crippen LogP contribution in [0.2, 0.25) is 0 Å². The summed E-state index contributed by atoms with van der Waals surface area (Å²) in [6.45, 7) is 6.49. The molecule has 0 heterocycles. The van der Waals surface area contributed by atoms with E-state index in [1.165, 1.54) is 180 Å². The number of esters is 3. The highest BCUT2D eigenvalue weighted by molar-refractivity contribution is 5.71. The molecule has 0 rings (SSSR count). The fourth-order valence-corrected chi connectivity index (χ4v) is 9.45. The summed E-state index contributed by atoms with van der Waals surface area (Å²) < 4.78 is 16.9. The van der Waals surface area contributed by atoms with Gasteiger partial charge in [-0.25, -0.2) is 0 Å². The van der Waals surface area contributed by atoms with E-state index >= 15 is 0 Å². The van der Waals surface area contributed by atoms with E-state index in [-0.39, 0.29) is 31.1 Å². The van der Waals surface area contributed by atoms with Crippen molar-refractivity contribution in [3.05, 3.63) is 85.1 Å². The highest BCUT2D eigenvalue weighted by atomic mass is 16.6. The highest BCUT2D eigenvalue weighted by Gasteiger charge is 2.19. The molecule has 77 heavy (non-hydrogen) atoms. The van der Waals surface area contributed by atoms with Gasteiger partial charge in [0.25, 0.3) is 0 Å². The van der Waals surface area contributed by atoms with Crippen molar-refractivity contribution >= 4 is 17.9 Å². The summed E-state index contributed by atoms with van der Waals surface area (Å²) in [5, 5.41) is 0. The molecule has 0 bridgehead atoms. The zero-order valence-corrected chi connectivity index (χ0v) is 51.0. The number of allylic oxidation sites excluding steroid dienone is 14. The minimum Gasteiger partial charge on any atom is -0.462 e. The van der Waals surface area contributed by atoms with Gasteiger partial charge in [-0.1, -0.05) is 305 Å². The lowest BCUT2D eigenvalue weighted by Crippen LogP contribution is -2.30. The number of ether oxygens (including phenoxy) is 3. The zero-order valence-electron chi connectivity index (χ0n) is 51.0. The molecular formula is C71H124O6. The van der Waals surface area contributed by atoms with Gasteiger partial charge in [-0.3, -0.25) is 14.4 Å². The molecule has 0 saturated heterocycles. The van der Waals surface area contributed by atoms with Gasteiger partial charge in [0.1, 0.15) is 13.2 Å². The lowest BCUT2D eigenvalue weighted by molar-refractivity contribution is -0.167. The molecule has 0 radical (unpaired) electrons. The minimum atomic E-state index is -0.775. The Bertz CT molecular complexity index is 1470. The van der Waals surface area contributed by atoms with E-state index < -0.39 is 6.10 Å². The first-order valence-corrected chi connectivity index (χ1v) is 33.1. The molecule has 0 aromatic rings. The third-order valence-corrected chi connectivity index (χ3v) is 14.4. The number of hydrogen-bond donors (Lipinski definition) is 0. The van der Waals surface area contributed by atoms with Crippen LogP contribution in [0.25, 0.3) is 0 Å². The number of hydrogen-bond acceptors (Lipinski definition) is 6. The lowest BCUT2D eigenvalue weighted by atomic mass is 10.0. The molecule has 0 N–H and O–H groups in total. The van der Waals surface area contributed by atoms with E-state index in [0.29, 0.717) is 19.3 Å². The van der Waals surface area contributed by atoms with Crippen molar-refractivity contribution in [2.75, 3.05) is 13.2 Å². The second-order valence-electron chi connectivity index (χ2n) is 22.0. The Balaban J connectivity index is 4.05. The highest BCUT2D eigenvalue weighted by Crippen LogP contribution is 2.17. The molecule has 0 aromatic carbocycles. The smallest absolute Gasteiger partial charge is 0.306 e. The third-order valence-electron chi connectivity index (χ3n) is 14.4. The van der Waals surface area contributed by atoms with Crippen molar-refractivity contribution in [1.82, 2.24) is 0 Å². The van der Waals surface area contributed by atoms with E-state index in [2.05, 4.69) is 106 Å². The molecule has 444 valence electrons. The van der Waals surface area contributed by atoms with Crippen molar-refractivity contribution in [3.63, 3.8) is 0 Å². The average molecular weight is 1070 g/mol. The largest absolute Gasteiger partial charge is 0.462 e. The first-order chi connectivity index (χ1) is 38.0. The Morgan fingerprint density at radius 1 is 0.273 bits per heavy atom. The minimum absolute atomic E-state index is 0.0738. The van der Waals surface area contributed by atoms with Gasteiger partial charge in [-0.05, 0) is 89.9 Å². The summed E-state index contributed by atoms with van der Waals surface area (Å²) in [5.74, 6) is -0.870. The summed E-state index contributed by atoms with van der Waals surface area (Å²) in [7, 11) is 0. The van der Waals surface area contributed by atoms with Crippen LogP contribution in [0.15, 0.2) is 85.1 Å². The molecule has 1 atom stereocenters. The predicted octanol–water partition coefficient (Wildman–Crippen LogP) is 22.7. The van der Waals surface area contributed by atoms with E-state index in [1.807, 2.05) is 0 Å². The maximum absolute atomic E-state index is 12.8. The lowest BCUT2D eigenvalue weighted by Gasteiger charge is -2.18. The molecule has 0 fully saturated rings. The number of carbonyl (C=O) groups excluding carboxylic acids is 3. The maximum Gasteiger partial charge on any atom is 0.306 e. The summed E-state index contributed by atoms with van der Waals surface area (Å²) in [6, 6.07) is 0. The Hall–Kier alpha value is -3.41. The second kappa shape index (κ2) is 65.1. The Morgan fingerprint density at radius 3 is 0.857 bits per heavy atom. The van der Waals surface area contributed by atoms with Gasteiger partial charge in [0.2, 0.25) is 0 Å². The van der Waals surface area contributed by atoms with Crippen molar-refractivity contribution in [2.24, 2.45) is 0 Å². The standard InChI is InChI=1S/C71H124O6/c1-4-7-10-13-16-19-22-24-26-27-28-29-30-31-32-33-34-35-36-37-38-39-40-41-42-43-44-45-46-48-49-52-55-58-61-64-70(73)76-67-68(66-75-69(72)63-60-57-54-51-21-18-15-12-9-6-3)77-71(74)65-62-59-56-53-50-47-25-23-20-17-14-11-8-5-2/h7,10,12,15-16,19,24,26,28-29,31-32,34-35,68H,4-6,8-9,11,13-14,17-18,20-23,25,27,30,33,36-67H2,1-3H3/b10-7-,15-12-,19-16-,26-24-,29-28-,32-31-,35-34-. The van der Waals surface area contributed by atoms with Crippen LogP contribution in [-0.2, 0) is 28.6 Å². The Kier molecular flexibility index (Phi) is 62.2. The van der Waals surface area contributed by atoms with Crippen LogP contribution < -0.4 is 0 Å². The van der Waals surface area contributed by atoms with Gasteiger partial charge in [0.15, 0.2) is 6.10 Å². The van der Waals surface area contributed by atoms with Crippen molar-refractivity contribution in [2.45, 2.75) is 335 Å². The van der Waals surface area contributed by atoms with Crippen LogP contribution >= 0.6 is 0 Å². The van der Waals surface area contributed by atoms with Crippen LogP contribution in [0.3, 0.4) is 0 Å². The van der Waals surface area contributed by atoms with Gasteiger partial charge in [-0.2, -0.15) is 0 Å².